The molecule has 3 aromatic rings. The Labute approximate surface area is 213 Å². The van der Waals surface area contributed by atoms with Crippen LogP contribution in [0.5, 0.6) is 5.75 Å². The molecule has 35 heavy (non-hydrogen) atoms. The average Bonchev–Trinajstić information content (AvgIpc) is 3.31. The van der Waals surface area contributed by atoms with Gasteiger partial charge in [0.05, 0.1) is 28.0 Å². The van der Waals surface area contributed by atoms with Crippen LogP contribution in [0.3, 0.4) is 0 Å². The number of nitrogens with zero attached hydrogens (tertiary/aromatic N) is 3. The molecule has 11 heteroatoms. The van der Waals surface area contributed by atoms with Crippen LogP contribution in [-0.2, 0) is 22.4 Å². The van der Waals surface area contributed by atoms with E-state index < -0.39 is 23.4 Å². The summed E-state index contributed by atoms with van der Waals surface area (Å²) in [6, 6.07) is 3.55. The zero-order chi connectivity index (χ0) is 26.0. The van der Waals surface area contributed by atoms with Crippen LogP contribution in [0.15, 0.2) is 23.7 Å². The molecule has 3 aromatic heterocycles. The van der Waals surface area contributed by atoms with Crippen LogP contribution in [0.1, 0.15) is 58.2 Å². The Bertz CT molecular complexity index is 1180. The molecule has 0 saturated carbocycles. The maximum atomic E-state index is 13.2. The number of amides is 2. The number of hydrogen-bond donors (Lipinski definition) is 2. The highest BCUT2D eigenvalue weighted by molar-refractivity contribution is 7.20. The molecule has 0 unspecified atom stereocenters. The standard InChI is InChI=1S/C24H32N4O5S2/c1-14(26-21(30)32-23(2,3)4)11-17-19(29)18-20(35-17)16(12-25-27-18)28(13-15-9-8-10-34-15)22(31)33-24(5,6)7/h8-10,12,14,29H,11,13H2,1-7H3,(H,26,30)/t14-/m0/s1. The zero-order valence-electron chi connectivity index (χ0n) is 21.0. The van der Waals surface area contributed by atoms with E-state index in [9.17, 15) is 14.7 Å². The van der Waals surface area contributed by atoms with Crippen LogP contribution >= 0.6 is 22.7 Å². The molecule has 0 saturated heterocycles. The summed E-state index contributed by atoms with van der Waals surface area (Å²) in [4.78, 5) is 28.4. The third-order valence-electron chi connectivity index (χ3n) is 4.55. The molecule has 2 amide bonds. The van der Waals surface area contributed by atoms with Crippen molar-refractivity contribution in [1.82, 2.24) is 15.5 Å². The van der Waals surface area contributed by atoms with Crippen molar-refractivity contribution in [1.29, 1.82) is 0 Å². The lowest BCUT2D eigenvalue weighted by Gasteiger charge is -2.27. The number of aromatic hydroxyl groups is 1. The van der Waals surface area contributed by atoms with Gasteiger partial charge in [-0.1, -0.05) is 6.07 Å². The van der Waals surface area contributed by atoms with E-state index in [-0.39, 0.29) is 18.3 Å². The van der Waals surface area contributed by atoms with E-state index in [4.69, 9.17) is 9.47 Å². The van der Waals surface area contributed by atoms with Crippen molar-refractivity contribution in [2.24, 2.45) is 0 Å². The van der Waals surface area contributed by atoms with Gasteiger partial charge in [-0.15, -0.1) is 27.8 Å². The number of alkyl carbamates (subject to hydrolysis) is 1. The molecular weight excluding hydrogens is 488 g/mol. The second-order valence-corrected chi connectivity index (χ2v) is 12.3. The van der Waals surface area contributed by atoms with Crippen LogP contribution in [0.4, 0.5) is 15.3 Å². The van der Waals surface area contributed by atoms with Crippen molar-refractivity contribution < 1.29 is 24.2 Å². The number of anilines is 1. The first-order chi connectivity index (χ1) is 16.2. The lowest BCUT2D eigenvalue weighted by Crippen LogP contribution is -2.38. The van der Waals surface area contributed by atoms with Crippen molar-refractivity contribution in [3.8, 4) is 5.75 Å². The van der Waals surface area contributed by atoms with Crippen LogP contribution in [0, 0.1) is 0 Å². The van der Waals surface area contributed by atoms with Gasteiger partial charge in [0, 0.05) is 17.3 Å². The van der Waals surface area contributed by atoms with E-state index in [2.05, 4.69) is 15.5 Å². The van der Waals surface area contributed by atoms with E-state index in [1.54, 1.807) is 20.8 Å². The smallest absolute Gasteiger partial charge is 0.415 e. The summed E-state index contributed by atoms with van der Waals surface area (Å²) in [6.07, 6.45) is 0.804. The molecule has 2 N–H and O–H groups in total. The summed E-state index contributed by atoms with van der Waals surface area (Å²) in [5, 5.41) is 23.8. The van der Waals surface area contributed by atoms with Gasteiger partial charge in [0.25, 0.3) is 0 Å². The Morgan fingerprint density at radius 2 is 1.86 bits per heavy atom. The van der Waals surface area contributed by atoms with E-state index >= 15 is 0 Å². The number of carbonyl (C=O) groups is 2. The Hall–Kier alpha value is -2.92. The second-order valence-electron chi connectivity index (χ2n) is 10.2. The average molecular weight is 521 g/mol. The molecule has 190 valence electrons. The van der Waals surface area contributed by atoms with Crippen molar-refractivity contribution in [2.45, 2.75) is 78.7 Å². The van der Waals surface area contributed by atoms with Gasteiger partial charge in [0.15, 0.2) is 5.75 Å². The van der Waals surface area contributed by atoms with Gasteiger partial charge >= 0.3 is 12.2 Å². The third kappa shape index (κ3) is 7.28. The minimum Gasteiger partial charge on any atom is -0.504 e. The van der Waals surface area contributed by atoms with Crippen LogP contribution in [-0.4, -0.2) is 44.7 Å². The molecule has 3 rings (SSSR count). The van der Waals surface area contributed by atoms with Gasteiger partial charge in [-0.3, -0.25) is 4.90 Å². The molecule has 0 fully saturated rings. The Morgan fingerprint density at radius 3 is 2.46 bits per heavy atom. The number of fused-ring (bicyclic) bond motifs is 1. The van der Waals surface area contributed by atoms with Crippen molar-refractivity contribution >= 4 is 50.8 Å². The molecule has 0 aliphatic heterocycles. The van der Waals surface area contributed by atoms with Gasteiger partial charge in [0.1, 0.15) is 16.7 Å². The van der Waals surface area contributed by atoms with Gasteiger partial charge < -0.3 is 19.9 Å². The molecule has 0 bridgehead atoms. The molecule has 0 radical (unpaired) electrons. The molecule has 3 heterocycles. The summed E-state index contributed by atoms with van der Waals surface area (Å²) in [5.41, 5.74) is -0.499. The highest BCUT2D eigenvalue weighted by atomic mass is 32.1. The normalized spacial score (nSPS) is 12.9. The molecule has 0 aliphatic carbocycles. The quantitative estimate of drug-likeness (QED) is 0.419. The minimum atomic E-state index is -0.685. The number of thiophene rings is 2. The van der Waals surface area contributed by atoms with Gasteiger partial charge in [-0.05, 0) is 59.9 Å². The summed E-state index contributed by atoms with van der Waals surface area (Å²) in [6.45, 7) is 12.9. The predicted octanol–water partition coefficient (Wildman–Crippen LogP) is 5.86. The van der Waals surface area contributed by atoms with E-state index in [0.717, 1.165) is 4.88 Å². The Morgan fingerprint density at radius 1 is 1.17 bits per heavy atom. The summed E-state index contributed by atoms with van der Waals surface area (Å²) in [5.74, 6) is -0.0162. The van der Waals surface area contributed by atoms with Gasteiger partial charge in [-0.25, -0.2) is 9.59 Å². The summed E-state index contributed by atoms with van der Waals surface area (Å²) in [7, 11) is 0. The Kier molecular flexibility index (Phi) is 7.90. The third-order valence-corrected chi connectivity index (χ3v) is 6.63. The number of ether oxygens (including phenoxy) is 2. The number of rotatable bonds is 6. The lowest BCUT2D eigenvalue weighted by molar-refractivity contribution is 0.0506. The maximum Gasteiger partial charge on any atom is 0.415 e. The van der Waals surface area contributed by atoms with Crippen LogP contribution in [0.25, 0.3) is 10.2 Å². The van der Waals surface area contributed by atoms with E-state index in [0.29, 0.717) is 27.2 Å². The molecule has 0 spiro atoms. The Balaban J connectivity index is 1.92. The number of nitrogens with one attached hydrogen (secondary N) is 1. The fourth-order valence-corrected chi connectivity index (χ4v) is 5.19. The van der Waals surface area contributed by atoms with E-state index in [1.807, 2.05) is 45.2 Å². The monoisotopic (exact) mass is 520 g/mol. The molecule has 0 aromatic carbocycles. The summed E-state index contributed by atoms with van der Waals surface area (Å²) < 4.78 is 11.6. The zero-order valence-corrected chi connectivity index (χ0v) is 22.7. The number of carbonyl (C=O) groups excluding carboxylic acids is 2. The second kappa shape index (κ2) is 10.4. The van der Waals surface area contributed by atoms with Crippen LogP contribution < -0.4 is 10.2 Å². The minimum absolute atomic E-state index is 0.0162. The van der Waals surface area contributed by atoms with Crippen molar-refractivity contribution in [3.05, 3.63) is 33.5 Å². The lowest BCUT2D eigenvalue weighted by atomic mass is 10.2. The number of aromatic nitrogens is 2. The first kappa shape index (κ1) is 26.7. The fourth-order valence-electron chi connectivity index (χ4n) is 3.22. The van der Waals surface area contributed by atoms with E-state index in [1.165, 1.54) is 33.8 Å². The van der Waals surface area contributed by atoms with Crippen molar-refractivity contribution in [2.75, 3.05) is 4.90 Å². The molecule has 1 atom stereocenters. The molecular formula is C24H32N4O5S2. The molecule has 9 nitrogen and oxygen atoms in total. The first-order valence-corrected chi connectivity index (χ1v) is 12.9. The summed E-state index contributed by atoms with van der Waals surface area (Å²) >= 11 is 2.83. The van der Waals surface area contributed by atoms with Gasteiger partial charge in [0.2, 0.25) is 0 Å². The maximum absolute atomic E-state index is 13.2. The molecule has 0 aliphatic rings. The van der Waals surface area contributed by atoms with Crippen molar-refractivity contribution in [3.63, 3.8) is 0 Å². The fraction of sp³-hybridized carbons (Fsp3) is 0.500. The SMILES string of the molecule is C[C@@H](Cc1sc2c(N(Cc3cccs3)C(=O)OC(C)(C)C)cnnc2c1O)NC(=O)OC(C)(C)C. The number of hydrogen-bond acceptors (Lipinski definition) is 9. The topological polar surface area (TPSA) is 114 Å². The first-order valence-electron chi connectivity index (χ1n) is 11.2. The van der Waals surface area contributed by atoms with Gasteiger partial charge in [-0.2, -0.15) is 5.10 Å². The largest absolute Gasteiger partial charge is 0.504 e. The highest BCUT2D eigenvalue weighted by Crippen LogP contribution is 2.41. The van der Waals surface area contributed by atoms with Crippen LogP contribution in [0.2, 0.25) is 0 Å². The highest BCUT2D eigenvalue weighted by Gasteiger charge is 2.28. The predicted molar refractivity (Wildman–Crippen MR) is 138 cm³/mol.